The minimum absolute atomic E-state index is 0.0546. The number of hydrogen-bond acceptors (Lipinski definition) is 7. The molecule has 0 spiro atoms. The lowest BCUT2D eigenvalue weighted by Crippen LogP contribution is -2.35. The third-order valence-corrected chi connectivity index (χ3v) is 5.32. The maximum absolute atomic E-state index is 13.1. The molecule has 0 bridgehead atoms. The zero-order valence-electron chi connectivity index (χ0n) is 17.2. The highest BCUT2D eigenvalue weighted by molar-refractivity contribution is 5.94. The second-order valence-corrected chi connectivity index (χ2v) is 7.59. The Bertz CT molecular complexity index is 1140. The summed E-state index contributed by atoms with van der Waals surface area (Å²) in [5, 5.41) is 6.14. The summed E-state index contributed by atoms with van der Waals surface area (Å²) in [5.74, 6) is -1.53. The van der Waals surface area contributed by atoms with Crippen LogP contribution in [0.4, 0.5) is 26.3 Å². The van der Waals surface area contributed by atoms with Crippen molar-refractivity contribution in [3.8, 4) is 0 Å². The van der Waals surface area contributed by atoms with Crippen LogP contribution in [0.5, 0.6) is 0 Å². The molecule has 4 rings (SSSR count). The number of carbonyl (C=O) groups excluding carboxylic acids is 2. The Morgan fingerprint density at radius 1 is 0.853 bits per heavy atom. The minimum Gasteiger partial charge on any atom is -0.441 e. The van der Waals surface area contributed by atoms with Crippen LogP contribution < -0.4 is 10.9 Å². The van der Waals surface area contributed by atoms with Crippen molar-refractivity contribution >= 4 is 11.9 Å². The topological polar surface area (TPSA) is 115 Å². The van der Waals surface area contributed by atoms with Crippen LogP contribution in [0.3, 0.4) is 0 Å². The van der Waals surface area contributed by atoms with Gasteiger partial charge in [-0.05, 0) is 29.8 Å². The van der Waals surface area contributed by atoms with Crippen molar-refractivity contribution in [2.75, 3.05) is 13.8 Å². The fraction of sp³-hybridized carbons (Fsp3) is 0.300. The Hall–Kier alpha value is -3.52. The number of ether oxygens (including phenoxy) is 1. The number of hydrazine groups is 1. The Labute approximate surface area is 187 Å². The van der Waals surface area contributed by atoms with Crippen molar-refractivity contribution in [3.63, 3.8) is 0 Å². The van der Waals surface area contributed by atoms with Gasteiger partial charge in [0.05, 0.1) is 5.56 Å². The molecule has 2 heterocycles. The zero-order valence-corrected chi connectivity index (χ0v) is 17.2. The molecular formula is C20H15F6N5O3. The van der Waals surface area contributed by atoms with Gasteiger partial charge in [-0.1, -0.05) is 24.3 Å². The largest absolute Gasteiger partial charge is 0.442 e. The molecular weight excluding hydrogens is 472 g/mol. The highest BCUT2D eigenvalue weighted by Gasteiger charge is 2.66. The van der Waals surface area contributed by atoms with Crippen LogP contribution in [0.1, 0.15) is 31.8 Å². The number of nitrogens with zero attached hydrogens (tertiary/aromatic N) is 3. The molecule has 2 aromatic rings. The van der Waals surface area contributed by atoms with Gasteiger partial charge in [-0.3, -0.25) is 4.79 Å². The number of amides is 1. The molecule has 14 heteroatoms. The van der Waals surface area contributed by atoms with E-state index in [1.807, 2.05) is 0 Å². The normalized spacial score (nSPS) is 17.7. The van der Waals surface area contributed by atoms with Gasteiger partial charge < -0.3 is 9.64 Å². The van der Waals surface area contributed by atoms with Crippen molar-refractivity contribution in [2.24, 2.45) is 10.2 Å². The van der Waals surface area contributed by atoms with Crippen molar-refractivity contribution < 1.29 is 40.7 Å². The molecule has 2 aliphatic heterocycles. The Kier molecular flexibility index (Phi) is 5.40. The van der Waals surface area contributed by atoms with Crippen LogP contribution in [0.2, 0.25) is 0 Å². The summed E-state index contributed by atoms with van der Waals surface area (Å²) in [6.07, 6.45) is -9.29. The van der Waals surface area contributed by atoms with E-state index in [2.05, 4.69) is 21.1 Å². The number of alkyl halides is 6. The molecule has 0 radical (unpaired) electrons. The number of halogens is 6. The van der Waals surface area contributed by atoms with Crippen LogP contribution in [0.15, 0.2) is 58.8 Å². The molecule has 2 aliphatic rings. The quantitative estimate of drug-likeness (QED) is 0.280. The maximum Gasteiger partial charge on any atom is 0.442 e. The Balaban J connectivity index is 1.34. The highest BCUT2D eigenvalue weighted by atomic mass is 19.4. The van der Waals surface area contributed by atoms with Gasteiger partial charge in [0.2, 0.25) is 5.66 Å². The molecule has 2 aromatic carbocycles. The first-order valence-electron chi connectivity index (χ1n) is 9.56. The maximum atomic E-state index is 13.1. The van der Waals surface area contributed by atoms with E-state index in [0.29, 0.717) is 0 Å². The summed E-state index contributed by atoms with van der Waals surface area (Å²) >= 11 is 0. The number of rotatable bonds is 6. The molecule has 180 valence electrons. The zero-order chi connectivity index (χ0) is 24.9. The SMILES string of the molecule is CN(COC(=O)c1ccc(C2(C(F)(F)F)N=N2)cc1)C(=O)c1ccc(C2(C(F)(F)F)NN2)cc1. The average Bonchev–Trinajstić information content (AvgIpc) is 3.69. The minimum atomic E-state index is -4.70. The smallest absolute Gasteiger partial charge is 0.441 e. The predicted octanol–water partition coefficient (Wildman–Crippen LogP) is 3.58. The van der Waals surface area contributed by atoms with E-state index in [1.54, 1.807) is 0 Å². The Morgan fingerprint density at radius 3 is 1.79 bits per heavy atom. The predicted molar refractivity (Wildman–Crippen MR) is 102 cm³/mol. The van der Waals surface area contributed by atoms with Crippen molar-refractivity contribution in [2.45, 2.75) is 23.7 Å². The van der Waals surface area contributed by atoms with E-state index < -0.39 is 42.3 Å². The van der Waals surface area contributed by atoms with Gasteiger partial charge in [0, 0.05) is 18.2 Å². The number of nitrogens with one attached hydrogen (secondary N) is 2. The summed E-state index contributed by atoms with van der Waals surface area (Å²) in [7, 11) is 1.30. The number of benzene rings is 2. The number of hydrogen-bond donors (Lipinski definition) is 2. The number of esters is 1. The van der Waals surface area contributed by atoms with E-state index in [4.69, 9.17) is 4.74 Å². The number of carbonyl (C=O) groups is 2. The molecule has 0 atom stereocenters. The van der Waals surface area contributed by atoms with Gasteiger partial charge in [-0.2, -0.15) is 26.3 Å². The summed E-state index contributed by atoms with van der Waals surface area (Å²) in [6, 6.07) is 9.03. The summed E-state index contributed by atoms with van der Waals surface area (Å²) in [5.41, 5.74) is -1.25. The lowest BCUT2D eigenvalue weighted by Gasteiger charge is -2.19. The van der Waals surface area contributed by atoms with Crippen LogP contribution >= 0.6 is 0 Å². The second kappa shape index (κ2) is 7.77. The van der Waals surface area contributed by atoms with Gasteiger partial charge in [-0.25, -0.2) is 15.6 Å². The third kappa shape index (κ3) is 3.98. The van der Waals surface area contributed by atoms with E-state index in [9.17, 15) is 35.9 Å². The van der Waals surface area contributed by atoms with Gasteiger partial charge in [0.25, 0.3) is 5.91 Å². The molecule has 0 aliphatic carbocycles. The van der Waals surface area contributed by atoms with Gasteiger partial charge in [-0.15, -0.1) is 10.2 Å². The first-order valence-corrected chi connectivity index (χ1v) is 9.56. The van der Waals surface area contributed by atoms with E-state index >= 15 is 0 Å². The van der Waals surface area contributed by atoms with Gasteiger partial charge in [0.15, 0.2) is 6.73 Å². The summed E-state index contributed by atoms with van der Waals surface area (Å²) < 4.78 is 83.4. The third-order valence-electron chi connectivity index (χ3n) is 5.32. The van der Waals surface area contributed by atoms with Crippen LogP contribution in [-0.4, -0.2) is 42.9 Å². The lowest BCUT2D eigenvalue weighted by molar-refractivity contribution is -0.166. The lowest BCUT2D eigenvalue weighted by atomic mass is 10.0. The molecule has 1 fully saturated rings. The summed E-state index contributed by atoms with van der Waals surface area (Å²) in [6.45, 7) is -0.506. The second-order valence-electron chi connectivity index (χ2n) is 7.59. The molecule has 1 saturated heterocycles. The first kappa shape index (κ1) is 23.6. The van der Waals surface area contributed by atoms with E-state index in [0.717, 1.165) is 41.3 Å². The summed E-state index contributed by atoms with van der Waals surface area (Å²) in [4.78, 5) is 25.7. The van der Waals surface area contributed by atoms with Crippen LogP contribution in [0.25, 0.3) is 0 Å². The van der Waals surface area contributed by atoms with Crippen molar-refractivity contribution in [3.05, 3.63) is 70.8 Å². The van der Waals surface area contributed by atoms with E-state index in [1.165, 1.54) is 19.2 Å². The molecule has 1 amide bonds. The van der Waals surface area contributed by atoms with Crippen molar-refractivity contribution in [1.82, 2.24) is 15.8 Å². The van der Waals surface area contributed by atoms with Gasteiger partial charge in [0.1, 0.15) is 0 Å². The molecule has 2 N–H and O–H groups in total. The van der Waals surface area contributed by atoms with Crippen LogP contribution in [0, 0.1) is 0 Å². The monoisotopic (exact) mass is 487 g/mol. The molecule has 0 aromatic heterocycles. The molecule has 0 unspecified atom stereocenters. The Morgan fingerprint density at radius 2 is 1.35 bits per heavy atom. The standard InChI is InChI=1S/C20H15F6N5O3/c1-31(15(32)11-2-6-13(7-3-11)17(27-28-17)19(21,22)23)10-34-16(33)12-4-8-14(9-5-12)18(29-30-18)20(24,25)26/h2-9,27-28H,10H2,1H3. The molecule has 0 saturated carbocycles. The van der Waals surface area contributed by atoms with Crippen molar-refractivity contribution in [1.29, 1.82) is 0 Å². The van der Waals surface area contributed by atoms with E-state index in [-0.39, 0.29) is 22.3 Å². The first-order chi connectivity index (χ1) is 15.8. The fourth-order valence-corrected chi connectivity index (χ4v) is 3.17. The highest BCUT2D eigenvalue weighted by Crippen LogP contribution is 2.52. The average molecular weight is 487 g/mol. The fourth-order valence-electron chi connectivity index (χ4n) is 3.17. The molecule has 34 heavy (non-hydrogen) atoms. The van der Waals surface area contributed by atoms with Crippen LogP contribution in [-0.2, 0) is 16.1 Å². The molecule has 8 nitrogen and oxygen atoms in total. The van der Waals surface area contributed by atoms with Gasteiger partial charge >= 0.3 is 24.0 Å².